The van der Waals surface area contributed by atoms with E-state index < -0.39 is 21.8 Å². The Balaban J connectivity index is 2.50. The quantitative estimate of drug-likeness (QED) is 0.408. The number of nitrogens with zero attached hydrogens (tertiary/aromatic N) is 1. The average Bonchev–Trinajstić information content (AvgIpc) is 2.92. The minimum absolute atomic E-state index is 0.00977. The number of carbonyl (C=O) groups is 1. The van der Waals surface area contributed by atoms with Gasteiger partial charge in [-0.1, -0.05) is 29.8 Å². The van der Waals surface area contributed by atoms with E-state index in [1.54, 1.807) is 40.8 Å². The number of rotatable bonds is 3. The first-order chi connectivity index (χ1) is 11.8. The lowest BCUT2D eigenvalue weighted by Gasteiger charge is -2.11. The normalized spacial score (nSPS) is 11.7. The Morgan fingerprint density at radius 3 is 2.44 bits per heavy atom. The molecule has 130 valence electrons. The molecule has 1 aromatic heterocycles. The Labute approximate surface area is 161 Å². The van der Waals surface area contributed by atoms with Gasteiger partial charge in [-0.05, 0) is 46.9 Å². The molecule has 0 unspecified atom stereocenters. The molecule has 0 fully saturated rings. The Morgan fingerprint density at radius 1 is 1.20 bits per heavy atom. The molecule has 0 radical (unpaired) electrons. The van der Waals surface area contributed by atoms with Crippen LogP contribution in [0.1, 0.15) is 10.5 Å². The molecule has 5 nitrogen and oxygen atoms in total. The molecule has 9 heteroatoms. The molecule has 0 saturated heterocycles. The summed E-state index contributed by atoms with van der Waals surface area (Å²) >= 11 is 7.53. The second kappa shape index (κ2) is 6.58. The van der Waals surface area contributed by atoms with Crippen molar-refractivity contribution in [3.8, 4) is 0 Å². The van der Waals surface area contributed by atoms with Gasteiger partial charge in [0.05, 0.1) is 31.5 Å². The van der Waals surface area contributed by atoms with Crippen LogP contribution in [0.15, 0.2) is 47.4 Å². The van der Waals surface area contributed by atoms with Crippen molar-refractivity contribution >= 4 is 61.1 Å². The van der Waals surface area contributed by atoms with E-state index in [0.717, 1.165) is 11.1 Å². The van der Waals surface area contributed by atoms with Crippen molar-refractivity contribution in [2.24, 2.45) is 0 Å². The smallest absolute Gasteiger partial charge is 0.356 e. The van der Waals surface area contributed by atoms with Gasteiger partial charge < -0.3 is 4.74 Å². The molecule has 0 saturated carbocycles. The van der Waals surface area contributed by atoms with Gasteiger partial charge in [0.1, 0.15) is 0 Å². The van der Waals surface area contributed by atoms with E-state index in [9.17, 15) is 17.6 Å². The number of methoxy groups -OCH3 is 1. The van der Waals surface area contributed by atoms with Crippen LogP contribution < -0.4 is 0 Å². The predicted octanol–water partition coefficient (Wildman–Crippen LogP) is 4.06. The third kappa shape index (κ3) is 2.81. The Bertz CT molecular complexity index is 1100. The summed E-state index contributed by atoms with van der Waals surface area (Å²) in [5, 5.41) is -0.218. The molecule has 25 heavy (non-hydrogen) atoms. The highest BCUT2D eigenvalue weighted by Gasteiger charge is 2.32. The zero-order valence-electron chi connectivity index (χ0n) is 12.7. The summed E-state index contributed by atoms with van der Waals surface area (Å²) in [6.45, 7) is 0. The van der Waals surface area contributed by atoms with Crippen molar-refractivity contribution in [2.45, 2.75) is 4.90 Å². The monoisotopic (exact) mass is 493 g/mol. The number of ether oxygens (including phenoxy) is 1. The minimum Gasteiger partial charge on any atom is -0.464 e. The second-order valence-electron chi connectivity index (χ2n) is 4.99. The van der Waals surface area contributed by atoms with Gasteiger partial charge in [0.25, 0.3) is 10.0 Å². The van der Waals surface area contributed by atoms with Gasteiger partial charge in [0.2, 0.25) is 0 Å². The average molecular weight is 494 g/mol. The SMILES string of the molecule is COC(=O)c1c(I)c2c(F)c(Cl)ccc2n1S(=O)(=O)c1ccccc1. The molecule has 1 heterocycles. The lowest BCUT2D eigenvalue weighted by molar-refractivity contribution is 0.0592. The van der Waals surface area contributed by atoms with E-state index in [4.69, 9.17) is 16.3 Å². The van der Waals surface area contributed by atoms with Crippen molar-refractivity contribution in [1.29, 1.82) is 0 Å². The fourth-order valence-corrected chi connectivity index (χ4v) is 5.29. The van der Waals surface area contributed by atoms with Crippen LogP contribution in [0.5, 0.6) is 0 Å². The maximum Gasteiger partial charge on any atom is 0.356 e. The molecule has 0 aliphatic carbocycles. The van der Waals surface area contributed by atoms with Crippen molar-refractivity contribution < 1.29 is 22.3 Å². The van der Waals surface area contributed by atoms with Gasteiger partial charge in [-0.3, -0.25) is 0 Å². The van der Waals surface area contributed by atoms with Gasteiger partial charge in [0.15, 0.2) is 11.5 Å². The van der Waals surface area contributed by atoms with E-state index >= 15 is 0 Å². The standard InChI is InChI=1S/C16H10ClFINO4S/c1-24-16(21)15-14(19)12-11(8-7-10(17)13(12)18)20(15)25(22,23)9-5-3-2-4-6-9/h2-8H,1H3. The minimum atomic E-state index is -4.16. The van der Waals surface area contributed by atoms with Crippen LogP contribution >= 0.6 is 34.2 Å². The fourth-order valence-electron chi connectivity index (χ4n) is 2.46. The number of aromatic nitrogens is 1. The lowest BCUT2D eigenvalue weighted by atomic mass is 10.2. The lowest BCUT2D eigenvalue weighted by Crippen LogP contribution is -2.20. The van der Waals surface area contributed by atoms with E-state index in [1.165, 1.54) is 24.3 Å². The number of halogens is 3. The number of carbonyl (C=O) groups excluding carboxylic acids is 1. The maximum absolute atomic E-state index is 14.5. The molecule has 0 aliphatic heterocycles. The van der Waals surface area contributed by atoms with Crippen LogP contribution in [0.4, 0.5) is 4.39 Å². The third-order valence-corrected chi connectivity index (χ3v) is 6.65. The van der Waals surface area contributed by atoms with Crippen molar-refractivity contribution in [2.75, 3.05) is 7.11 Å². The molecule has 2 aromatic carbocycles. The first kappa shape index (κ1) is 18.2. The van der Waals surface area contributed by atoms with Crippen LogP contribution in [0, 0.1) is 9.39 Å². The first-order valence-electron chi connectivity index (χ1n) is 6.87. The Hall–Kier alpha value is -1.65. The van der Waals surface area contributed by atoms with Crippen LogP contribution in [0.25, 0.3) is 10.9 Å². The summed E-state index contributed by atoms with van der Waals surface area (Å²) < 4.78 is 46.3. The van der Waals surface area contributed by atoms with Gasteiger partial charge in [-0.2, -0.15) is 0 Å². The molecule has 0 amide bonds. The summed E-state index contributed by atoms with van der Waals surface area (Å²) in [6, 6.07) is 10.2. The zero-order valence-corrected chi connectivity index (χ0v) is 16.4. The molecular formula is C16H10ClFINO4S. The Kier molecular flexibility index (Phi) is 4.78. The van der Waals surface area contributed by atoms with Crippen molar-refractivity contribution in [1.82, 2.24) is 3.97 Å². The zero-order chi connectivity index (χ0) is 18.4. The van der Waals surface area contributed by atoms with Crippen LogP contribution in [-0.2, 0) is 14.8 Å². The molecule has 3 aromatic rings. The van der Waals surface area contributed by atoms with Gasteiger partial charge >= 0.3 is 5.97 Å². The predicted molar refractivity (Wildman–Crippen MR) is 100.0 cm³/mol. The van der Waals surface area contributed by atoms with Crippen LogP contribution in [0.2, 0.25) is 5.02 Å². The third-order valence-electron chi connectivity index (χ3n) is 3.58. The van der Waals surface area contributed by atoms with Gasteiger partial charge in [-0.25, -0.2) is 21.6 Å². The summed E-state index contributed by atoms with van der Waals surface area (Å²) in [4.78, 5) is 12.2. The number of benzene rings is 2. The largest absolute Gasteiger partial charge is 0.464 e. The molecule has 0 N–H and O–H groups in total. The Morgan fingerprint density at radius 2 is 1.84 bits per heavy atom. The topological polar surface area (TPSA) is 65.4 Å². The second-order valence-corrected chi connectivity index (χ2v) is 8.26. The first-order valence-corrected chi connectivity index (χ1v) is 9.77. The highest BCUT2D eigenvalue weighted by atomic mass is 127. The van der Waals surface area contributed by atoms with Crippen molar-refractivity contribution in [3.63, 3.8) is 0 Å². The highest BCUT2D eigenvalue weighted by Crippen LogP contribution is 2.35. The van der Waals surface area contributed by atoms with Crippen LogP contribution in [-0.4, -0.2) is 25.5 Å². The summed E-state index contributed by atoms with van der Waals surface area (Å²) in [6.07, 6.45) is 0. The highest BCUT2D eigenvalue weighted by molar-refractivity contribution is 14.1. The molecule has 0 aliphatic rings. The number of fused-ring (bicyclic) bond motifs is 1. The van der Waals surface area contributed by atoms with E-state index in [2.05, 4.69) is 0 Å². The van der Waals surface area contributed by atoms with E-state index in [1.807, 2.05) is 0 Å². The van der Waals surface area contributed by atoms with E-state index in [0.29, 0.717) is 0 Å². The van der Waals surface area contributed by atoms with Crippen molar-refractivity contribution in [3.05, 3.63) is 62.6 Å². The molecule has 0 atom stereocenters. The summed E-state index contributed by atoms with van der Waals surface area (Å²) in [7, 11) is -3.03. The molecule has 0 spiro atoms. The molecular weight excluding hydrogens is 484 g/mol. The molecule has 3 rings (SSSR count). The number of hydrogen-bond donors (Lipinski definition) is 0. The van der Waals surface area contributed by atoms with Gasteiger partial charge in [-0.15, -0.1) is 0 Å². The van der Waals surface area contributed by atoms with Crippen LogP contribution in [0.3, 0.4) is 0 Å². The maximum atomic E-state index is 14.5. The molecule has 0 bridgehead atoms. The summed E-state index contributed by atoms with van der Waals surface area (Å²) in [5.41, 5.74) is -0.265. The number of esters is 1. The summed E-state index contributed by atoms with van der Waals surface area (Å²) in [5.74, 6) is -1.69. The van der Waals surface area contributed by atoms with E-state index in [-0.39, 0.29) is 30.1 Å². The fraction of sp³-hybridized carbons (Fsp3) is 0.0625. The van der Waals surface area contributed by atoms with Gasteiger partial charge in [0, 0.05) is 0 Å². The number of hydrogen-bond acceptors (Lipinski definition) is 4.